The van der Waals surface area contributed by atoms with E-state index in [9.17, 15) is 9.50 Å². The highest BCUT2D eigenvalue weighted by molar-refractivity contribution is 5.83. The van der Waals surface area contributed by atoms with Crippen LogP contribution < -0.4 is 0 Å². The lowest BCUT2D eigenvalue weighted by Gasteiger charge is -2.19. The topological polar surface area (TPSA) is 33.1 Å². The molecule has 0 aliphatic heterocycles. The zero-order chi connectivity index (χ0) is 12.6. The molecule has 1 N–H and O–H groups in total. The van der Waals surface area contributed by atoms with E-state index in [2.05, 4.69) is 4.98 Å². The molecule has 1 aromatic heterocycles. The molecule has 0 fully saturated rings. The average Bonchev–Trinajstić information content (AvgIpc) is 2.27. The molecular weight excluding hydrogens is 217 g/mol. The molecule has 0 radical (unpaired) electrons. The number of aromatic nitrogens is 1. The maximum absolute atomic E-state index is 13.7. The highest BCUT2D eigenvalue weighted by Gasteiger charge is 2.18. The Hall–Kier alpha value is -1.48. The lowest BCUT2D eigenvalue weighted by atomic mass is 9.90. The number of fused-ring (bicyclic) bond motifs is 1. The van der Waals surface area contributed by atoms with Crippen LogP contribution in [0.15, 0.2) is 24.3 Å². The third-order valence-electron chi connectivity index (χ3n) is 2.81. The maximum Gasteiger partial charge on any atom is 0.149 e. The molecule has 2 nitrogen and oxygen atoms in total. The molecular formula is C14H16FNO. The van der Waals surface area contributed by atoms with E-state index in [0.29, 0.717) is 10.9 Å². The van der Waals surface area contributed by atoms with Gasteiger partial charge in [-0.15, -0.1) is 0 Å². The summed E-state index contributed by atoms with van der Waals surface area (Å²) in [5.74, 6) is -0.344. The van der Waals surface area contributed by atoms with E-state index in [-0.39, 0.29) is 17.8 Å². The molecule has 0 saturated heterocycles. The first kappa shape index (κ1) is 12.0. The number of hydrogen-bond acceptors (Lipinski definition) is 2. The molecule has 1 aromatic carbocycles. The first-order chi connectivity index (χ1) is 7.93. The van der Waals surface area contributed by atoms with E-state index in [1.807, 2.05) is 26.8 Å². The summed E-state index contributed by atoms with van der Waals surface area (Å²) < 4.78 is 13.7. The fourth-order valence-corrected chi connectivity index (χ4v) is 1.80. The fourth-order valence-electron chi connectivity index (χ4n) is 1.80. The van der Waals surface area contributed by atoms with Crippen molar-refractivity contribution in [2.75, 3.05) is 0 Å². The summed E-state index contributed by atoms with van der Waals surface area (Å²) in [4.78, 5) is 4.37. The van der Waals surface area contributed by atoms with E-state index in [4.69, 9.17) is 0 Å². The Kier molecular flexibility index (Phi) is 2.87. The van der Waals surface area contributed by atoms with Gasteiger partial charge in [-0.2, -0.15) is 0 Å². The van der Waals surface area contributed by atoms with Crippen molar-refractivity contribution in [3.8, 4) is 0 Å². The Morgan fingerprint density at radius 3 is 2.59 bits per heavy atom. The second-order valence-electron chi connectivity index (χ2n) is 5.21. The van der Waals surface area contributed by atoms with Crippen molar-refractivity contribution in [1.29, 1.82) is 0 Å². The first-order valence-electron chi connectivity index (χ1n) is 5.63. The van der Waals surface area contributed by atoms with Crippen molar-refractivity contribution < 1.29 is 9.50 Å². The van der Waals surface area contributed by atoms with Crippen molar-refractivity contribution in [3.05, 3.63) is 41.3 Å². The minimum atomic E-state index is -0.344. The average molecular weight is 233 g/mol. The number of aliphatic hydroxyl groups excluding tert-OH is 1. The van der Waals surface area contributed by atoms with Gasteiger partial charge >= 0.3 is 0 Å². The third kappa shape index (κ3) is 2.15. The van der Waals surface area contributed by atoms with Crippen LogP contribution in [0.25, 0.3) is 10.9 Å². The van der Waals surface area contributed by atoms with Crippen LogP contribution in [0, 0.1) is 5.82 Å². The number of rotatable bonds is 1. The van der Waals surface area contributed by atoms with Crippen LogP contribution in [0.3, 0.4) is 0 Å². The minimum absolute atomic E-state index is 0.106. The van der Waals surface area contributed by atoms with Crippen LogP contribution in [-0.2, 0) is 12.0 Å². The predicted molar refractivity (Wildman–Crippen MR) is 66.3 cm³/mol. The molecule has 90 valence electrons. The molecule has 2 rings (SSSR count). The smallest absolute Gasteiger partial charge is 0.149 e. The molecule has 17 heavy (non-hydrogen) atoms. The van der Waals surface area contributed by atoms with Crippen LogP contribution in [0.2, 0.25) is 0 Å². The van der Waals surface area contributed by atoms with Gasteiger partial charge in [0, 0.05) is 16.5 Å². The number of nitrogens with zero attached hydrogens (tertiary/aromatic N) is 1. The van der Waals surface area contributed by atoms with Crippen molar-refractivity contribution in [2.24, 2.45) is 0 Å². The SMILES string of the molecule is CC(C)(C)c1cc(CO)c2cccc(F)c2n1. The molecule has 3 heteroatoms. The van der Waals surface area contributed by atoms with Gasteiger partial charge in [0.1, 0.15) is 11.3 Å². The Morgan fingerprint density at radius 2 is 2.00 bits per heavy atom. The molecule has 1 heterocycles. The number of halogens is 1. The monoisotopic (exact) mass is 233 g/mol. The van der Waals surface area contributed by atoms with Gasteiger partial charge in [0.25, 0.3) is 0 Å². The van der Waals surface area contributed by atoms with Gasteiger partial charge in [-0.25, -0.2) is 9.37 Å². The van der Waals surface area contributed by atoms with E-state index < -0.39 is 0 Å². The molecule has 0 unspecified atom stereocenters. The van der Waals surface area contributed by atoms with Gasteiger partial charge in [-0.05, 0) is 17.7 Å². The number of para-hydroxylation sites is 1. The van der Waals surface area contributed by atoms with E-state index >= 15 is 0 Å². The van der Waals surface area contributed by atoms with Crippen LogP contribution in [0.5, 0.6) is 0 Å². The summed E-state index contributed by atoms with van der Waals surface area (Å²) in [5, 5.41) is 10.0. The number of pyridine rings is 1. The molecule has 2 aromatic rings. The maximum atomic E-state index is 13.7. The fraction of sp³-hybridized carbons (Fsp3) is 0.357. The van der Waals surface area contributed by atoms with Crippen molar-refractivity contribution in [2.45, 2.75) is 32.8 Å². The third-order valence-corrected chi connectivity index (χ3v) is 2.81. The second-order valence-corrected chi connectivity index (χ2v) is 5.21. The quantitative estimate of drug-likeness (QED) is 0.820. The van der Waals surface area contributed by atoms with Gasteiger partial charge in [0.2, 0.25) is 0 Å². The van der Waals surface area contributed by atoms with Crippen LogP contribution >= 0.6 is 0 Å². The van der Waals surface area contributed by atoms with Gasteiger partial charge in [-0.3, -0.25) is 0 Å². The Bertz CT molecular complexity index is 558. The minimum Gasteiger partial charge on any atom is -0.392 e. The number of aliphatic hydroxyl groups is 1. The summed E-state index contributed by atoms with van der Waals surface area (Å²) in [5.41, 5.74) is 1.68. The Balaban J connectivity index is 2.81. The molecule has 0 amide bonds. The molecule has 0 bridgehead atoms. The zero-order valence-corrected chi connectivity index (χ0v) is 10.3. The van der Waals surface area contributed by atoms with Gasteiger partial charge in [0.05, 0.1) is 6.61 Å². The number of benzene rings is 1. The Labute approximate surface area is 100 Å². The molecule has 0 aliphatic rings. The highest BCUT2D eigenvalue weighted by Crippen LogP contribution is 2.27. The van der Waals surface area contributed by atoms with Gasteiger partial charge < -0.3 is 5.11 Å². The van der Waals surface area contributed by atoms with Gasteiger partial charge in [-0.1, -0.05) is 32.9 Å². The van der Waals surface area contributed by atoms with Crippen LogP contribution in [0.4, 0.5) is 4.39 Å². The predicted octanol–water partition coefficient (Wildman–Crippen LogP) is 3.16. The molecule has 0 saturated carbocycles. The number of hydrogen-bond donors (Lipinski definition) is 1. The lowest BCUT2D eigenvalue weighted by Crippen LogP contribution is -2.14. The summed E-state index contributed by atoms with van der Waals surface area (Å²) in [6.45, 7) is 5.95. The van der Waals surface area contributed by atoms with Crippen molar-refractivity contribution >= 4 is 10.9 Å². The van der Waals surface area contributed by atoms with Crippen LogP contribution in [-0.4, -0.2) is 10.1 Å². The van der Waals surface area contributed by atoms with Gasteiger partial charge in [0.15, 0.2) is 0 Å². The largest absolute Gasteiger partial charge is 0.392 e. The molecule has 0 aliphatic carbocycles. The summed E-state index contributed by atoms with van der Waals surface area (Å²) >= 11 is 0. The molecule has 0 spiro atoms. The zero-order valence-electron chi connectivity index (χ0n) is 10.3. The first-order valence-corrected chi connectivity index (χ1v) is 5.63. The Morgan fingerprint density at radius 1 is 1.29 bits per heavy atom. The molecule has 0 atom stereocenters. The van der Waals surface area contributed by atoms with E-state index in [1.165, 1.54) is 6.07 Å². The van der Waals surface area contributed by atoms with Crippen molar-refractivity contribution in [3.63, 3.8) is 0 Å². The summed E-state index contributed by atoms with van der Waals surface area (Å²) in [6.07, 6.45) is 0. The van der Waals surface area contributed by atoms with E-state index in [0.717, 1.165) is 11.3 Å². The lowest BCUT2D eigenvalue weighted by molar-refractivity contribution is 0.283. The van der Waals surface area contributed by atoms with E-state index in [1.54, 1.807) is 12.1 Å². The van der Waals surface area contributed by atoms with Crippen LogP contribution in [0.1, 0.15) is 32.0 Å². The summed E-state index contributed by atoms with van der Waals surface area (Å²) in [7, 11) is 0. The highest BCUT2D eigenvalue weighted by atomic mass is 19.1. The normalized spacial score (nSPS) is 12.1. The summed E-state index contributed by atoms with van der Waals surface area (Å²) in [6, 6.07) is 6.66. The van der Waals surface area contributed by atoms with Crippen molar-refractivity contribution in [1.82, 2.24) is 4.98 Å². The second kappa shape index (κ2) is 4.08. The standard InChI is InChI=1S/C14H16FNO/c1-14(2,3)12-7-9(8-17)10-5-4-6-11(15)13(10)16-12/h4-7,17H,8H2,1-3H3.